The number of hydrogen-bond acceptors (Lipinski definition) is 4. The van der Waals surface area contributed by atoms with E-state index in [1.165, 1.54) is 0 Å². The lowest BCUT2D eigenvalue weighted by Crippen LogP contribution is -2.54. The smallest absolute Gasteiger partial charge is 0.139 e. The molecule has 0 N–H and O–H groups in total. The van der Waals surface area contributed by atoms with E-state index in [0.717, 1.165) is 56.1 Å². The Kier molecular flexibility index (Phi) is 6.93. The molecule has 1 fully saturated rings. The average molecular weight is 439 g/mol. The molecule has 2 aliphatic rings. The van der Waals surface area contributed by atoms with Gasteiger partial charge in [-0.1, -0.05) is 20.3 Å². The van der Waals surface area contributed by atoms with Gasteiger partial charge in [0.25, 0.3) is 0 Å². The highest BCUT2D eigenvalue weighted by molar-refractivity contribution is 9.10. The Labute approximate surface area is 170 Å². The van der Waals surface area contributed by atoms with Crippen molar-refractivity contribution in [3.63, 3.8) is 0 Å². The van der Waals surface area contributed by atoms with Crippen LogP contribution in [-0.4, -0.2) is 66.7 Å². The van der Waals surface area contributed by atoms with Gasteiger partial charge in [-0.25, -0.2) is 4.39 Å². The molecule has 0 spiro atoms. The topological polar surface area (TPSA) is 22.1 Å². The van der Waals surface area contributed by atoms with Gasteiger partial charge in [-0.05, 0) is 48.3 Å². The first-order chi connectivity index (χ1) is 12.9. The summed E-state index contributed by atoms with van der Waals surface area (Å²) in [5, 5.41) is 1.76. The maximum atomic E-state index is 14.1. The number of nitrogens with zero attached hydrogens (tertiary/aromatic N) is 4. The molecule has 3 atom stereocenters. The largest absolute Gasteiger partial charge is 0.354 e. The molecule has 0 aliphatic carbocycles. The summed E-state index contributed by atoms with van der Waals surface area (Å²) in [6.45, 7) is 12.0. The standard InChI is InChI=1S/C21H32BrFN4/c1-5-7-20(27-9-8-25(4)12-15(3)13-27)21-24-19-11-18(23)17(22)10-16(19)14-26(21)6-2/h10-11,14-15,20-21H,5-9,12-13H2,1-4H3/t15-,20+,21?/m1/s1. The lowest BCUT2D eigenvalue weighted by molar-refractivity contribution is 0.103. The Morgan fingerprint density at radius 2 is 2.04 bits per heavy atom. The van der Waals surface area contributed by atoms with Crippen LogP contribution in [0.5, 0.6) is 0 Å². The van der Waals surface area contributed by atoms with Crippen LogP contribution in [0.1, 0.15) is 33.6 Å². The minimum absolute atomic E-state index is 0.0404. The van der Waals surface area contributed by atoms with Crippen molar-refractivity contribution in [3.05, 3.63) is 33.0 Å². The Morgan fingerprint density at radius 1 is 1.26 bits per heavy atom. The third kappa shape index (κ3) is 4.72. The molecular formula is C21H32BrFN4. The van der Waals surface area contributed by atoms with Crippen LogP contribution in [0.25, 0.3) is 6.20 Å². The normalized spacial score (nSPS) is 25.3. The second-order valence-electron chi connectivity index (χ2n) is 8.05. The van der Waals surface area contributed by atoms with Crippen LogP contribution in [-0.2, 0) is 0 Å². The van der Waals surface area contributed by atoms with Crippen molar-refractivity contribution in [1.82, 2.24) is 14.7 Å². The second kappa shape index (κ2) is 9.01. The summed E-state index contributed by atoms with van der Waals surface area (Å²) >= 11 is 3.30. The van der Waals surface area contributed by atoms with Gasteiger partial charge in [0, 0.05) is 50.2 Å². The van der Waals surface area contributed by atoms with Crippen LogP contribution in [0.15, 0.2) is 21.6 Å². The first-order valence-electron chi connectivity index (χ1n) is 10.2. The first kappa shape index (κ1) is 20.7. The van der Waals surface area contributed by atoms with E-state index in [9.17, 15) is 4.39 Å². The van der Waals surface area contributed by atoms with E-state index >= 15 is 0 Å². The summed E-state index contributed by atoms with van der Waals surface area (Å²) in [6.07, 6.45) is 4.42. The summed E-state index contributed by atoms with van der Waals surface area (Å²) < 4.78 is 14.6. The lowest BCUT2D eigenvalue weighted by atomic mass is 10.0. The zero-order valence-corrected chi connectivity index (χ0v) is 18.5. The van der Waals surface area contributed by atoms with Gasteiger partial charge in [-0.2, -0.15) is 0 Å². The molecule has 1 aromatic rings. The zero-order chi connectivity index (χ0) is 19.6. The van der Waals surface area contributed by atoms with E-state index in [-0.39, 0.29) is 12.0 Å². The van der Waals surface area contributed by atoms with Crippen LogP contribution < -0.4 is 10.6 Å². The molecule has 1 aromatic carbocycles. The van der Waals surface area contributed by atoms with Gasteiger partial charge in [-0.15, -0.1) is 0 Å². The zero-order valence-electron chi connectivity index (χ0n) is 17.0. The molecule has 1 saturated heterocycles. The van der Waals surface area contributed by atoms with Gasteiger partial charge < -0.3 is 9.80 Å². The Balaban J connectivity index is 1.98. The monoisotopic (exact) mass is 438 g/mol. The molecule has 1 unspecified atom stereocenters. The number of benzene rings is 1. The number of halogens is 2. The minimum atomic E-state index is -0.244. The van der Waals surface area contributed by atoms with E-state index in [0.29, 0.717) is 16.4 Å². The van der Waals surface area contributed by atoms with Crippen molar-refractivity contribution in [2.24, 2.45) is 10.9 Å². The summed E-state index contributed by atoms with van der Waals surface area (Å²) in [7, 11) is 2.21. The molecule has 0 aromatic heterocycles. The lowest BCUT2D eigenvalue weighted by Gasteiger charge is -2.41. The van der Waals surface area contributed by atoms with Crippen molar-refractivity contribution < 1.29 is 4.39 Å². The molecule has 0 saturated carbocycles. The van der Waals surface area contributed by atoms with Crippen molar-refractivity contribution in [3.8, 4) is 0 Å². The van der Waals surface area contributed by atoms with E-state index < -0.39 is 0 Å². The number of rotatable bonds is 5. The predicted octanol–water partition coefficient (Wildman–Crippen LogP) is 2.66. The maximum Gasteiger partial charge on any atom is 0.139 e. The van der Waals surface area contributed by atoms with E-state index in [2.05, 4.69) is 64.6 Å². The molecule has 2 heterocycles. The fourth-order valence-corrected chi connectivity index (χ4v) is 4.77. The maximum absolute atomic E-state index is 14.1. The van der Waals surface area contributed by atoms with Gasteiger partial charge in [0.1, 0.15) is 12.0 Å². The SMILES string of the molecule is CCC[C@@H](C1N=c2cc(F)c(Br)cc2=CN1CC)N1CCN(C)C[C@@H](C)C1. The van der Waals surface area contributed by atoms with Gasteiger partial charge >= 0.3 is 0 Å². The second-order valence-corrected chi connectivity index (χ2v) is 8.90. The van der Waals surface area contributed by atoms with Crippen molar-refractivity contribution in [2.75, 3.05) is 39.8 Å². The minimum Gasteiger partial charge on any atom is -0.354 e. The third-order valence-corrected chi connectivity index (χ3v) is 6.29. The molecule has 0 amide bonds. The number of likely N-dealkylation sites (N-methyl/N-ethyl adjacent to an activating group) is 2. The molecule has 3 rings (SSSR count). The summed E-state index contributed by atoms with van der Waals surface area (Å²) in [5.74, 6) is 0.395. The molecule has 27 heavy (non-hydrogen) atoms. The van der Waals surface area contributed by atoms with Crippen LogP contribution in [0, 0.1) is 11.7 Å². The number of hydrogen-bond donors (Lipinski definition) is 0. The van der Waals surface area contributed by atoms with E-state index in [1.807, 2.05) is 6.07 Å². The Morgan fingerprint density at radius 3 is 2.74 bits per heavy atom. The van der Waals surface area contributed by atoms with Gasteiger partial charge in [0.15, 0.2) is 0 Å². The van der Waals surface area contributed by atoms with Crippen molar-refractivity contribution >= 4 is 22.1 Å². The summed E-state index contributed by atoms with van der Waals surface area (Å²) in [5.41, 5.74) is 0. The number of fused-ring (bicyclic) bond motifs is 1. The molecule has 6 heteroatoms. The fourth-order valence-electron chi connectivity index (χ4n) is 4.41. The quantitative estimate of drug-likeness (QED) is 0.705. The Hall–Kier alpha value is -0.980. The summed E-state index contributed by atoms with van der Waals surface area (Å²) in [6, 6.07) is 3.75. The highest BCUT2D eigenvalue weighted by Gasteiger charge is 2.33. The van der Waals surface area contributed by atoms with E-state index in [1.54, 1.807) is 6.07 Å². The molecular weight excluding hydrogens is 407 g/mol. The highest BCUT2D eigenvalue weighted by Crippen LogP contribution is 2.22. The first-order valence-corrected chi connectivity index (χ1v) is 10.9. The molecule has 0 radical (unpaired) electrons. The van der Waals surface area contributed by atoms with Gasteiger partial charge in [0.2, 0.25) is 0 Å². The van der Waals surface area contributed by atoms with E-state index in [4.69, 9.17) is 4.99 Å². The van der Waals surface area contributed by atoms with Crippen LogP contribution in [0.3, 0.4) is 0 Å². The molecule has 150 valence electrons. The summed E-state index contributed by atoms with van der Waals surface area (Å²) in [4.78, 5) is 12.4. The molecule has 2 aliphatic heterocycles. The molecule has 4 nitrogen and oxygen atoms in total. The third-order valence-electron chi connectivity index (χ3n) is 5.69. The van der Waals surface area contributed by atoms with Gasteiger partial charge in [-0.3, -0.25) is 9.89 Å². The van der Waals surface area contributed by atoms with Crippen LogP contribution >= 0.6 is 15.9 Å². The Bertz CT molecular complexity index is 768. The predicted molar refractivity (Wildman–Crippen MR) is 112 cm³/mol. The van der Waals surface area contributed by atoms with Crippen molar-refractivity contribution in [1.29, 1.82) is 0 Å². The average Bonchev–Trinajstić information content (AvgIpc) is 2.80. The van der Waals surface area contributed by atoms with Gasteiger partial charge in [0.05, 0.1) is 15.9 Å². The fraction of sp³-hybridized carbons (Fsp3) is 0.667. The highest BCUT2D eigenvalue weighted by atomic mass is 79.9. The van der Waals surface area contributed by atoms with Crippen molar-refractivity contribution in [2.45, 2.75) is 45.8 Å². The molecule has 0 bridgehead atoms. The van der Waals surface area contributed by atoms with Crippen LogP contribution in [0.2, 0.25) is 0 Å². The van der Waals surface area contributed by atoms with Crippen LogP contribution in [0.4, 0.5) is 4.39 Å².